The summed E-state index contributed by atoms with van der Waals surface area (Å²) in [5.41, 5.74) is 4.67. The summed E-state index contributed by atoms with van der Waals surface area (Å²) >= 11 is 0. The van der Waals surface area contributed by atoms with Gasteiger partial charge in [-0.3, -0.25) is 4.68 Å². The third-order valence-corrected chi connectivity index (χ3v) is 5.43. The molecule has 166 valence electrons. The molecule has 7 nitrogen and oxygen atoms in total. The van der Waals surface area contributed by atoms with E-state index in [0.717, 1.165) is 49.9 Å². The number of aryl methyl sites for hydroxylation is 1. The number of halogens is 1. The largest absolute Gasteiger partial charge is 0.383 e. The van der Waals surface area contributed by atoms with E-state index in [4.69, 9.17) is 9.73 Å². The second-order valence-corrected chi connectivity index (χ2v) is 7.47. The lowest BCUT2D eigenvalue weighted by atomic mass is 10.2. The summed E-state index contributed by atoms with van der Waals surface area (Å²) in [7, 11) is 1.72. The van der Waals surface area contributed by atoms with E-state index in [-0.39, 0.29) is 24.0 Å². The van der Waals surface area contributed by atoms with Crippen molar-refractivity contribution in [2.24, 2.45) is 4.99 Å². The molecule has 1 aliphatic rings. The molecular formula is C22H35IN6O. The lowest BCUT2D eigenvalue weighted by Crippen LogP contribution is -2.44. The van der Waals surface area contributed by atoms with Gasteiger partial charge in [0.15, 0.2) is 5.96 Å². The van der Waals surface area contributed by atoms with Crippen LogP contribution in [0, 0.1) is 13.8 Å². The second-order valence-electron chi connectivity index (χ2n) is 7.47. The van der Waals surface area contributed by atoms with Crippen molar-refractivity contribution < 1.29 is 4.74 Å². The van der Waals surface area contributed by atoms with Crippen LogP contribution in [0.3, 0.4) is 0 Å². The molecule has 1 aliphatic heterocycles. The van der Waals surface area contributed by atoms with Gasteiger partial charge in [-0.15, -0.1) is 24.0 Å². The number of ether oxygens (including phenoxy) is 1. The first-order valence-electron chi connectivity index (χ1n) is 10.5. The van der Waals surface area contributed by atoms with E-state index in [1.165, 1.54) is 11.3 Å². The van der Waals surface area contributed by atoms with Crippen molar-refractivity contribution >= 4 is 35.6 Å². The maximum absolute atomic E-state index is 5.18. The van der Waals surface area contributed by atoms with Gasteiger partial charge in [0.1, 0.15) is 0 Å². The molecule has 1 fully saturated rings. The molecule has 1 atom stereocenters. The van der Waals surface area contributed by atoms with Gasteiger partial charge in [-0.2, -0.15) is 5.10 Å². The number of benzene rings is 1. The van der Waals surface area contributed by atoms with Crippen molar-refractivity contribution in [1.82, 2.24) is 20.4 Å². The van der Waals surface area contributed by atoms with Gasteiger partial charge in [0.05, 0.1) is 25.4 Å². The van der Waals surface area contributed by atoms with Crippen LogP contribution in [0.15, 0.2) is 35.3 Å². The highest BCUT2D eigenvalue weighted by Crippen LogP contribution is 2.20. The molecule has 30 heavy (non-hydrogen) atoms. The number of nitrogens with zero attached hydrogens (tertiary/aromatic N) is 4. The Bertz CT molecular complexity index is 807. The monoisotopic (exact) mass is 526 g/mol. The van der Waals surface area contributed by atoms with Crippen molar-refractivity contribution in [2.75, 3.05) is 38.3 Å². The summed E-state index contributed by atoms with van der Waals surface area (Å²) in [6, 6.07) is 11.0. The predicted molar refractivity (Wildman–Crippen MR) is 134 cm³/mol. The van der Waals surface area contributed by atoms with Gasteiger partial charge in [0.25, 0.3) is 0 Å². The maximum Gasteiger partial charge on any atom is 0.191 e. The summed E-state index contributed by atoms with van der Waals surface area (Å²) in [5, 5.41) is 11.6. The minimum Gasteiger partial charge on any atom is -0.383 e. The topological polar surface area (TPSA) is 66.7 Å². The van der Waals surface area contributed by atoms with Crippen molar-refractivity contribution in [2.45, 2.75) is 46.3 Å². The summed E-state index contributed by atoms with van der Waals surface area (Å²) < 4.78 is 7.20. The fourth-order valence-electron chi connectivity index (χ4n) is 3.78. The quantitative estimate of drug-likeness (QED) is 0.315. The highest BCUT2D eigenvalue weighted by Gasteiger charge is 2.23. The summed E-state index contributed by atoms with van der Waals surface area (Å²) in [5.74, 6) is 0.871. The van der Waals surface area contributed by atoms with E-state index >= 15 is 0 Å². The van der Waals surface area contributed by atoms with Gasteiger partial charge < -0.3 is 20.3 Å². The van der Waals surface area contributed by atoms with E-state index in [9.17, 15) is 0 Å². The van der Waals surface area contributed by atoms with Crippen LogP contribution in [0.5, 0.6) is 0 Å². The first-order valence-corrected chi connectivity index (χ1v) is 10.5. The summed E-state index contributed by atoms with van der Waals surface area (Å²) in [4.78, 5) is 7.28. The Balaban J connectivity index is 0.00000320. The van der Waals surface area contributed by atoms with Crippen LogP contribution in [-0.4, -0.2) is 55.1 Å². The van der Waals surface area contributed by atoms with Gasteiger partial charge >= 0.3 is 0 Å². The number of hydrogen-bond acceptors (Lipinski definition) is 4. The molecule has 0 bridgehead atoms. The zero-order chi connectivity index (χ0) is 20.6. The van der Waals surface area contributed by atoms with Crippen molar-refractivity contribution in [1.29, 1.82) is 0 Å². The molecule has 0 amide bonds. The van der Waals surface area contributed by atoms with Crippen LogP contribution in [-0.2, 0) is 17.8 Å². The molecule has 2 heterocycles. The van der Waals surface area contributed by atoms with Crippen LogP contribution in [0.2, 0.25) is 0 Å². The highest BCUT2D eigenvalue weighted by atomic mass is 127. The average Bonchev–Trinajstić information content (AvgIpc) is 3.30. The number of aliphatic imine (C=N–C) groups is 1. The third-order valence-electron chi connectivity index (χ3n) is 5.43. The molecule has 2 N–H and O–H groups in total. The van der Waals surface area contributed by atoms with E-state index in [0.29, 0.717) is 19.2 Å². The smallest absolute Gasteiger partial charge is 0.191 e. The first-order chi connectivity index (χ1) is 14.1. The molecular weight excluding hydrogens is 491 g/mol. The van der Waals surface area contributed by atoms with Crippen LogP contribution in [0.25, 0.3) is 0 Å². The number of rotatable bonds is 8. The average molecular weight is 526 g/mol. The molecule has 1 aromatic carbocycles. The lowest BCUT2D eigenvalue weighted by molar-refractivity contribution is 0.182. The van der Waals surface area contributed by atoms with E-state index in [2.05, 4.69) is 71.7 Å². The Morgan fingerprint density at radius 2 is 2.03 bits per heavy atom. The number of methoxy groups -OCH3 is 1. The molecule has 0 saturated carbocycles. The summed E-state index contributed by atoms with van der Waals surface area (Å²) in [6.07, 6.45) is 1.10. The zero-order valence-electron chi connectivity index (χ0n) is 18.5. The molecule has 0 aliphatic carbocycles. The first kappa shape index (κ1) is 24.5. The van der Waals surface area contributed by atoms with Crippen LogP contribution in [0.4, 0.5) is 5.69 Å². The fourth-order valence-corrected chi connectivity index (χ4v) is 3.78. The second kappa shape index (κ2) is 12.1. The normalized spacial score (nSPS) is 16.5. The number of anilines is 1. The van der Waals surface area contributed by atoms with Gasteiger partial charge in [0, 0.05) is 49.7 Å². The van der Waals surface area contributed by atoms with E-state index < -0.39 is 0 Å². The third kappa shape index (κ3) is 6.34. The number of hydrogen-bond donors (Lipinski definition) is 2. The molecule has 8 heteroatoms. The van der Waals surface area contributed by atoms with E-state index in [1.807, 2.05) is 4.68 Å². The molecule has 2 aromatic rings. The molecule has 0 radical (unpaired) electrons. The Morgan fingerprint density at radius 3 is 2.73 bits per heavy atom. The van der Waals surface area contributed by atoms with Gasteiger partial charge in [0.2, 0.25) is 0 Å². The maximum atomic E-state index is 5.18. The van der Waals surface area contributed by atoms with Crippen LogP contribution >= 0.6 is 24.0 Å². The Morgan fingerprint density at radius 1 is 1.27 bits per heavy atom. The SMILES string of the molecule is CCNC(=NCc1c(C)nn(CCOC)c1C)NC1CCN(c2ccccc2)C1.I. The molecule has 1 unspecified atom stereocenters. The van der Waals surface area contributed by atoms with Crippen LogP contribution in [0.1, 0.15) is 30.3 Å². The van der Waals surface area contributed by atoms with Gasteiger partial charge in [-0.1, -0.05) is 18.2 Å². The fraction of sp³-hybridized carbons (Fsp3) is 0.545. The predicted octanol–water partition coefficient (Wildman–Crippen LogP) is 3.10. The molecule has 1 aromatic heterocycles. The highest BCUT2D eigenvalue weighted by molar-refractivity contribution is 14.0. The minimum atomic E-state index is 0. The molecule has 3 rings (SSSR count). The standard InChI is InChI=1S/C22H34N6O.HI/c1-5-23-22(24-15-21-17(2)26-28(18(21)3)13-14-29-4)25-19-11-12-27(16-19)20-9-7-6-8-10-20;/h6-10,19H,5,11-16H2,1-4H3,(H2,23,24,25);1H. The minimum absolute atomic E-state index is 0. The van der Waals surface area contributed by atoms with Crippen molar-refractivity contribution in [3.8, 4) is 0 Å². The van der Waals surface area contributed by atoms with Crippen LogP contribution < -0.4 is 15.5 Å². The molecule has 1 saturated heterocycles. The number of para-hydroxylation sites is 1. The Hall–Kier alpha value is -1.81. The number of nitrogens with one attached hydrogen (secondary N) is 2. The number of aromatic nitrogens is 2. The molecule has 0 spiro atoms. The Kier molecular flexibility index (Phi) is 9.90. The van der Waals surface area contributed by atoms with Gasteiger partial charge in [-0.05, 0) is 39.3 Å². The van der Waals surface area contributed by atoms with E-state index in [1.54, 1.807) is 7.11 Å². The summed E-state index contributed by atoms with van der Waals surface area (Å²) in [6.45, 7) is 11.2. The Labute approximate surface area is 197 Å². The van der Waals surface area contributed by atoms with Gasteiger partial charge in [-0.25, -0.2) is 4.99 Å². The lowest BCUT2D eigenvalue weighted by Gasteiger charge is -2.20. The zero-order valence-corrected chi connectivity index (χ0v) is 20.8. The van der Waals surface area contributed by atoms with Crippen molar-refractivity contribution in [3.63, 3.8) is 0 Å². The van der Waals surface area contributed by atoms with Crippen molar-refractivity contribution in [3.05, 3.63) is 47.3 Å². The number of guanidine groups is 1.